The molecule has 1 fully saturated rings. The van der Waals surface area contributed by atoms with E-state index in [1.54, 1.807) is 4.90 Å². The summed E-state index contributed by atoms with van der Waals surface area (Å²) in [6.45, 7) is 1.67. The van der Waals surface area contributed by atoms with E-state index >= 15 is 0 Å². The van der Waals surface area contributed by atoms with Crippen LogP contribution >= 0.6 is 24.8 Å². The van der Waals surface area contributed by atoms with Crippen molar-refractivity contribution in [1.82, 2.24) is 10.2 Å². The molecule has 2 nitrogen and oxygen atoms in total. The number of alkyl halides is 6. The number of piperazine rings is 1. The Morgan fingerprint density at radius 2 is 1.58 bits per heavy atom. The maximum atomic E-state index is 14.1. The zero-order valence-corrected chi connectivity index (χ0v) is 15.1. The summed E-state index contributed by atoms with van der Waals surface area (Å²) in [5.74, 6) is -0.922. The standard InChI is InChI=1S/C15H17F7N2.2ClH/c16-12-2-1-10(15(20,21)22)9-11(12)13(3-4-14(17,18)19)24-7-5-23-6-8-24;;/h1-2,9,13,23H,3-8H2;2*1H/t13-;;/m1../s1. The van der Waals surface area contributed by atoms with Crippen molar-refractivity contribution in [2.24, 2.45) is 0 Å². The topological polar surface area (TPSA) is 15.3 Å². The summed E-state index contributed by atoms with van der Waals surface area (Å²) in [4.78, 5) is 1.60. The Labute approximate surface area is 158 Å². The van der Waals surface area contributed by atoms with Gasteiger partial charge < -0.3 is 5.32 Å². The van der Waals surface area contributed by atoms with Gasteiger partial charge in [0.2, 0.25) is 0 Å². The first-order valence-corrected chi connectivity index (χ1v) is 7.46. The molecule has 0 aromatic heterocycles. The fraction of sp³-hybridized carbons (Fsp3) is 0.600. The van der Waals surface area contributed by atoms with Crippen LogP contribution in [0.5, 0.6) is 0 Å². The molecule has 0 unspecified atom stereocenters. The van der Waals surface area contributed by atoms with E-state index in [2.05, 4.69) is 5.32 Å². The van der Waals surface area contributed by atoms with Gasteiger partial charge in [0.05, 0.1) is 5.56 Å². The number of nitrogens with one attached hydrogen (secondary N) is 1. The van der Waals surface area contributed by atoms with Crippen LogP contribution < -0.4 is 5.32 Å². The van der Waals surface area contributed by atoms with E-state index in [-0.39, 0.29) is 30.4 Å². The highest BCUT2D eigenvalue weighted by molar-refractivity contribution is 5.85. The zero-order valence-electron chi connectivity index (χ0n) is 13.5. The van der Waals surface area contributed by atoms with Crippen LogP contribution in [0.15, 0.2) is 18.2 Å². The molecule has 1 aliphatic heterocycles. The first-order valence-electron chi connectivity index (χ1n) is 7.46. The molecule has 0 radical (unpaired) electrons. The lowest BCUT2D eigenvalue weighted by Crippen LogP contribution is -2.45. The predicted molar refractivity (Wildman–Crippen MR) is 88.4 cm³/mol. The van der Waals surface area contributed by atoms with Gasteiger partial charge in [-0.05, 0) is 24.6 Å². The second-order valence-corrected chi connectivity index (χ2v) is 5.69. The lowest BCUT2D eigenvalue weighted by atomic mass is 9.96. The molecular formula is C15H19Cl2F7N2. The minimum absolute atomic E-state index is 0. The maximum Gasteiger partial charge on any atom is 0.416 e. The van der Waals surface area contributed by atoms with Gasteiger partial charge in [0.25, 0.3) is 0 Å². The number of benzene rings is 1. The molecule has 2 rings (SSSR count). The van der Waals surface area contributed by atoms with Gasteiger partial charge in [0, 0.05) is 44.2 Å². The van der Waals surface area contributed by atoms with Gasteiger partial charge in [-0.2, -0.15) is 26.3 Å². The molecule has 0 amide bonds. The van der Waals surface area contributed by atoms with Crippen molar-refractivity contribution in [2.75, 3.05) is 26.2 Å². The molecule has 0 bridgehead atoms. The van der Waals surface area contributed by atoms with Crippen LogP contribution in [0.4, 0.5) is 30.7 Å². The van der Waals surface area contributed by atoms with E-state index in [0.29, 0.717) is 44.4 Å². The smallest absolute Gasteiger partial charge is 0.314 e. The van der Waals surface area contributed by atoms with Crippen LogP contribution in [0.3, 0.4) is 0 Å². The molecule has 1 heterocycles. The average Bonchev–Trinajstić information content (AvgIpc) is 2.48. The molecule has 26 heavy (non-hydrogen) atoms. The Hall–Kier alpha value is -0.770. The molecule has 1 aliphatic rings. The van der Waals surface area contributed by atoms with Gasteiger partial charge in [-0.25, -0.2) is 4.39 Å². The first-order chi connectivity index (χ1) is 11.1. The first kappa shape index (κ1) is 25.2. The molecule has 1 aromatic carbocycles. The summed E-state index contributed by atoms with van der Waals surface area (Å²) >= 11 is 0. The summed E-state index contributed by atoms with van der Waals surface area (Å²) in [5, 5.41) is 3.01. The highest BCUT2D eigenvalue weighted by Gasteiger charge is 2.35. The highest BCUT2D eigenvalue weighted by atomic mass is 35.5. The van der Waals surface area contributed by atoms with E-state index in [4.69, 9.17) is 0 Å². The molecule has 11 heteroatoms. The molecule has 0 saturated carbocycles. The van der Waals surface area contributed by atoms with E-state index < -0.39 is 42.6 Å². The van der Waals surface area contributed by atoms with Crippen LogP contribution in [0.1, 0.15) is 30.0 Å². The van der Waals surface area contributed by atoms with Crippen molar-refractivity contribution in [1.29, 1.82) is 0 Å². The molecule has 1 aromatic rings. The Morgan fingerprint density at radius 3 is 2.08 bits per heavy atom. The van der Waals surface area contributed by atoms with Gasteiger partial charge in [-0.1, -0.05) is 0 Å². The summed E-state index contributed by atoms with van der Waals surface area (Å²) in [7, 11) is 0. The third-order valence-corrected chi connectivity index (χ3v) is 3.98. The van der Waals surface area contributed by atoms with Crippen molar-refractivity contribution in [2.45, 2.75) is 31.2 Å². The number of nitrogens with zero attached hydrogens (tertiary/aromatic N) is 1. The largest absolute Gasteiger partial charge is 0.416 e. The number of hydrogen-bond donors (Lipinski definition) is 1. The molecule has 1 N–H and O–H groups in total. The maximum absolute atomic E-state index is 14.1. The summed E-state index contributed by atoms with van der Waals surface area (Å²) < 4.78 is 90.3. The average molecular weight is 431 g/mol. The predicted octanol–water partition coefficient (Wildman–Crippen LogP) is 4.98. The Balaban J connectivity index is 0.00000312. The van der Waals surface area contributed by atoms with E-state index in [1.807, 2.05) is 0 Å². The van der Waals surface area contributed by atoms with Crippen molar-refractivity contribution in [3.8, 4) is 0 Å². The molecule has 152 valence electrons. The fourth-order valence-corrected chi connectivity index (χ4v) is 2.80. The Kier molecular flexibility index (Phi) is 9.67. The van der Waals surface area contributed by atoms with Gasteiger partial charge in [0.15, 0.2) is 0 Å². The lowest BCUT2D eigenvalue weighted by Gasteiger charge is -2.35. The van der Waals surface area contributed by atoms with Crippen LogP contribution in [0.25, 0.3) is 0 Å². The third-order valence-electron chi connectivity index (χ3n) is 3.98. The normalized spacial score (nSPS) is 17.2. The van der Waals surface area contributed by atoms with E-state index in [0.717, 1.165) is 0 Å². The van der Waals surface area contributed by atoms with Gasteiger partial charge in [0.1, 0.15) is 5.82 Å². The Bertz CT molecular complexity index is 558. The second kappa shape index (κ2) is 9.96. The molecule has 0 spiro atoms. The SMILES string of the molecule is Cl.Cl.Fc1ccc(C(F)(F)F)cc1[C@@H](CCC(F)(F)F)N1CCNCC1. The van der Waals surface area contributed by atoms with Crippen LogP contribution in [0.2, 0.25) is 0 Å². The molecule has 1 atom stereocenters. The number of halogens is 9. The van der Waals surface area contributed by atoms with Gasteiger partial charge in [-0.15, -0.1) is 24.8 Å². The van der Waals surface area contributed by atoms with Crippen molar-refractivity contribution < 1.29 is 30.7 Å². The van der Waals surface area contributed by atoms with Crippen molar-refractivity contribution in [3.63, 3.8) is 0 Å². The lowest BCUT2D eigenvalue weighted by molar-refractivity contribution is -0.140. The minimum atomic E-state index is -4.68. The summed E-state index contributed by atoms with van der Waals surface area (Å²) in [5.41, 5.74) is -1.40. The van der Waals surface area contributed by atoms with Crippen LogP contribution in [0, 0.1) is 5.82 Å². The van der Waals surface area contributed by atoms with Crippen LogP contribution in [-0.4, -0.2) is 37.3 Å². The second-order valence-electron chi connectivity index (χ2n) is 5.69. The van der Waals surface area contributed by atoms with Crippen molar-refractivity contribution in [3.05, 3.63) is 35.1 Å². The third kappa shape index (κ3) is 7.09. The Morgan fingerprint density at radius 1 is 1.00 bits per heavy atom. The summed E-state index contributed by atoms with van der Waals surface area (Å²) in [6.07, 6.45) is -10.8. The monoisotopic (exact) mass is 430 g/mol. The quantitative estimate of drug-likeness (QED) is 0.677. The van der Waals surface area contributed by atoms with Crippen LogP contribution in [-0.2, 0) is 6.18 Å². The highest BCUT2D eigenvalue weighted by Crippen LogP contribution is 2.36. The van der Waals surface area contributed by atoms with Gasteiger partial charge in [-0.3, -0.25) is 4.90 Å². The molecular weight excluding hydrogens is 412 g/mol. The van der Waals surface area contributed by atoms with Crippen molar-refractivity contribution >= 4 is 24.8 Å². The molecule has 0 aliphatic carbocycles. The number of hydrogen-bond acceptors (Lipinski definition) is 2. The summed E-state index contributed by atoms with van der Waals surface area (Å²) in [6, 6.07) is 0.840. The number of rotatable bonds is 4. The molecule has 1 saturated heterocycles. The van der Waals surface area contributed by atoms with E-state index in [9.17, 15) is 30.7 Å². The zero-order chi connectivity index (χ0) is 18.0. The van der Waals surface area contributed by atoms with E-state index in [1.165, 1.54) is 0 Å². The van der Waals surface area contributed by atoms with Gasteiger partial charge >= 0.3 is 12.4 Å². The fourth-order valence-electron chi connectivity index (χ4n) is 2.80. The minimum Gasteiger partial charge on any atom is -0.314 e.